The van der Waals surface area contributed by atoms with E-state index in [4.69, 9.17) is 4.74 Å². The molecule has 168 valence electrons. The highest BCUT2D eigenvalue weighted by Gasteiger charge is 2.29. The zero-order valence-corrected chi connectivity index (χ0v) is 17.6. The SMILES string of the molecule is Cc1cc(Nc2ncn(-c3cc(F)cc(F)c3F)n2)cc(N2CCN(C3COC3)CC2)c1. The third-order valence-corrected chi connectivity index (χ3v) is 5.85. The summed E-state index contributed by atoms with van der Waals surface area (Å²) in [6.45, 7) is 7.49. The predicted octanol–water partition coefficient (Wildman–Crippen LogP) is 3.26. The average Bonchev–Trinajstić information content (AvgIpc) is 3.17. The predicted molar refractivity (Wildman–Crippen MR) is 114 cm³/mol. The Morgan fingerprint density at radius 2 is 1.78 bits per heavy atom. The Bertz CT molecular complexity index is 1120. The third-order valence-electron chi connectivity index (χ3n) is 5.85. The summed E-state index contributed by atoms with van der Waals surface area (Å²) in [7, 11) is 0. The van der Waals surface area contributed by atoms with E-state index in [0.717, 1.165) is 67.1 Å². The lowest BCUT2D eigenvalue weighted by atomic mass is 10.1. The zero-order chi connectivity index (χ0) is 22.2. The van der Waals surface area contributed by atoms with E-state index in [-0.39, 0.29) is 11.6 Å². The summed E-state index contributed by atoms with van der Waals surface area (Å²) in [5.74, 6) is -3.16. The summed E-state index contributed by atoms with van der Waals surface area (Å²) < 4.78 is 47.4. The number of hydrogen-bond donors (Lipinski definition) is 1. The van der Waals surface area contributed by atoms with E-state index in [1.54, 1.807) is 0 Å². The van der Waals surface area contributed by atoms with Gasteiger partial charge in [0.25, 0.3) is 0 Å². The fourth-order valence-electron chi connectivity index (χ4n) is 4.07. The normalized spacial score (nSPS) is 17.4. The van der Waals surface area contributed by atoms with Crippen LogP contribution in [0.2, 0.25) is 0 Å². The fourth-order valence-corrected chi connectivity index (χ4v) is 4.07. The molecule has 3 heterocycles. The van der Waals surface area contributed by atoms with Gasteiger partial charge in [0.15, 0.2) is 11.6 Å². The number of anilines is 3. The minimum absolute atomic E-state index is 0.195. The average molecular weight is 444 g/mol. The van der Waals surface area contributed by atoms with Crippen molar-refractivity contribution in [1.29, 1.82) is 0 Å². The molecule has 2 fully saturated rings. The minimum Gasteiger partial charge on any atom is -0.378 e. The van der Waals surface area contributed by atoms with Gasteiger partial charge >= 0.3 is 0 Å². The summed E-state index contributed by atoms with van der Waals surface area (Å²) >= 11 is 0. The van der Waals surface area contributed by atoms with Gasteiger partial charge in [-0.05, 0) is 30.7 Å². The number of ether oxygens (including phenoxy) is 1. The summed E-state index contributed by atoms with van der Waals surface area (Å²) in [5, 5.41) is 7.23. The first-order chi connectivity index (χ1) is 15.5. The lowest BCUT2D eigenvalue weighted by Crippen LogP contribution is -2.56. The second-order valence-electron chi connectivity index (χ2n) is 8.13. The quantitative estimate of drug-likeness (QED) is 0.610. The number of nitrogens with one attached hydrogen (secondary N) is 1. The number of rotatable bonds is 5. The van der Waals surface area contributed by atoms with Crippen LogP contribution in [0.1, 0.15) is 5.56 Å². The van der Waals surface area contributed by atoms with E-state index in [0.29, 0.717) is 12.1 Å². The highest BCUT2D eigenvalue weighted by molar-refractivity contribution is 5.64. The second-order valence-corrected chi connectivity index (χ2v) is 8.13. The number of nitrogens with zero attached hydrogens (tertiary/aromatic N) is 5. The molecule has 0 aliphatic carbocycles. The van der Waals surface area contributed by atoms with E-state index in [9.17, 15) is 13.2 Å². The molecule has 2 aliphatic rings. The van der Waals surface area contributed by atoms with E-state index in [1.165, 1.54) is 6.33 Å². The first-order valence-electron chi connectivity index (χ1n) is 10.5. The monoisotopic (exact) mass is 444 g/mol. The van der Waals surface area contributed by atoms with Crippen LogP contribution in [-0.4, -0.2) is 65.1 Å². The van der Waals surface area contributed by atoms with Crippen molar-refractivity contribution in [3.05, 3.63) is 59.7 Å². The molecule has 0 bridgehead atoms. The maximum atomic E-state index is 14.1. The van der Waals surface area contributed by atoms with Gasteiger partial charge in [0.2, 0.25) is 5.95 Å². The van der Waals surface area contributed by atoms with Crippen molar-refractivity contribution in [2.75, 3.05) is 49.6 Å². The van der Waals surface area contributed by atoms with Crippen molar-refractivity contribution in [1.82, 2.24) is 19.7 Å². The maximum absolute atomic E-state index is 14.1. The Hall–Kier alpha value is -3.11. The van der Waals surface area contributed by atoms with E-state index in [2.05, 4.69) is 31.3 Å². The van der Waals surface area contributed by atoms with Crippen LogP contribution in [0.5, 0.6) is 0 Å². The fraction of sp³-hybridized carbons (Fsp3) is 0.364. The van der Waals surface area contributed by atoms with Crippen molar-refractivity contribution in [2.45, 2.75) is 13.0 Å². The third kappa shape index (κ3) is 4.15. The summed E-state index contributed by atoms with van der Waals surface area (Å²) in [6.07, 6.45) is 1.21. The molecular formula is C22H23F3N6O. The topological polar surface area (TPSA) is 58.5 Å². The molecule has 10 heteroatoms. The molecule has 2 saturated heterocycles. The van der Waals surface area contributed by atoms with E-state index < -0.39 is 17.5 Å². The highest BCUT2D eigenvalue weighted by Crippen LogP contribution is 2.26. The van der Waals surface area contributed by atoms with Gasteiger partial charge in [-0.2, -0.15) is 4.98 Å². The molecule has 7 nitrogen and oxygen atoms in total. The van der Waals surface area contributed by atoms with Gasteiger partial charge in [-0.1, -0.05) is 0 Å². The Labute approximate surface area is 183 Å². The Morgan fingerprint density at radius 3 is 2.50 bits per heavy atom. The van der Waals surface area contributed by atoms with Gasteiger partial charge in [-0.3, -0.25) is 4.90 Å². The number of benzene rings is 2. The van der Waals surface area contributed by atoms with Crippen molar-refractivity contribution in [3.8, 4) is 5.69 Å². The first-order valence-corrected chi connectivity index (χ1v) is 10.5. The molecule has 2 aromatic carbocycles. The van der Waals surface area contributed by atoms with E-state index >= 15 is 0 Å². The molecule has 0 atom stereocenters. The van der Waals surface area contributed by atoms with Crippen LogP contribution in [0, 0.1) is 24.4 Å². The van der Waals surface area contributed by atoms with Crippen molar-refractivity contribution < 1.29 is 17.9 Å². The molecule has 0 amide bonds. The van der Waals surface area contributed by atoms with Crippen LogP contribution < -0.4 is 10.2 Å². The molecule has 3 aromatic rings. The maximum Gasteiger partial charge on any atom is 0.246 e. The lowest BCUT2D eigenvalue weighted by Gasteiger charge is -2.43. The smallest absolute Gasteiger partial charge is 0.246 e. The molecular weight excluding hydrogens is 421 g/mol. The molecule has 1 N–H and O–H groups in total. The second kappa shape index (κ2) is 8.44. The van der Waals surface area contributed by atoms with Crippen molar-refractivity contribution in [3.63, 3.8) is 0 Å². The Morgan fingerprint density at radius 1 is 1.00 bits per heavy atom. The van der Waals surface area contributed by atoms with Crippen LogP contribution in [0.15, 0.2) is 36.7 Å². The highest BCUT2D eigenvalue weighted by atomic mass is 19.2. The number of aromatic nitrogens is 3. The lowest BCUT2D eigenvalue weighted by molar-refractivity contribution is -0.0660. The van der Waals surface area contributed by atoms with Crippen molar-refractivity contribution >= 4 is 17.3 Å². The molecule has 1 aromatic heterocycles. The largest absolute Gasteiger partial charge is 0.378 e. The minimum atomic E-state index is -1.28. The van der Waals surface area contributed by atoms with Gasteiger partial charge in [-0.25, -0.2) is 17.9 Å². The van der Waals surface area contributed by atoms with E-state index in [1.807, 2.05) is 19.1 Å². The van der Waals surface area contributed by atoms with Crippen LogP contribution >= 0.6 is 0 Å². The van der Waals surface area contributed by atoms with Gasteiger partial charge in [0.1, 0.15) is 17.8 Å². The molecule has 0 radical (unpaired) electrons. The van der Waals surface area contributed by atoms with Crippen LogP contribution in [0.3, 0.4) is 0 Å². The first kappa shape index (κ1) is 20.8. The molecule has 2 aliphatic heterocycles. The summed E-state index contributed by atoms with van der Waals surface area (Å²) in [6, 6.07) is 8.00. The number of piperazine rings is 1. The van der Waals surface area contributed by atoms with Gasteiger partial charge in [-0.15, -0.1) is 5.10 Å². The number of hydrogen-bond acceptors (Lipinski definition) is 6. The molecule has 0 unspecified atom stereocenters. The van der Waals surface area contributed by atoms with Gasteiger partial charge < -0.3 is 15.0 Å². The molecule has 5 rings (SSSR count). The van der Waals surface area contributed by atoms with Crippen LogP contribution in [0.4, 0.5) is 30.5 Å². The van der Waals surface area contributed by atoms with Crippen LogP contribution in [0.25, 0.3) is 5.69 Å². The Balaban J connectivity index is 1.31. The number of halogens is 3. The number of aryl methyl sites for hydroxylation is 1. The molecule has 0 spiro atoms. The van der Waals surface area contributed by atoms with Crippen LogP contribution in [-0.2, 0) is 4.74 Å². The summed E-state index contributed by atoms with van der Waals surface area (Å²) in [5.41, 5.74) is 2.59. The molecule has 32 heavy (non-hydrogen) atoms. The van der Waals surface area contributed by atoms with Gasteiger partial charge in [0, 0.05) is 49.7 Å². The zero-order valence-electron chi connectivity index (χ0n) is 17.6. The Kier molecular flexibility index (Phi) is 5.48. The van der Waals surface area contributed by atoms with Crippen molar-refractivity contribution in [2.24, 2.45) is 0 Å². The van der Waals surface area contributed by atoms with Gasteiger partial charge in [0.05, 0.1) is 19.3 Å². The standard InChI is InChI=1S/C22H23F3N6O/c1-14-6-16(10-17(7-14)29-2-4-30(5-3-29)18-11-32-12-18)27-22-26-13-31(28-22)20-9-15(23)8-19(24)21(20)25/h6-10,13,18H,2-5,11-12H2,1H3,(H,27,28). The molecule has 0 saturated carbocycles. The summed E-state index contributed by atoms with van der Waals surface area (Å²) in [4.78, 5) is 8.91.